The average molecular weight is 326 g/mol. The molecular weight excluding hydrogens is 316 g/mol. The van der Waals surface area contributed by atoms with Gasteiger partial charge in [0.1, 0.15) is 16.7 Å². The molecule has 2 aromatic carbocycles. The minimum absolute atomic E-state index is 0. The minimum atomic E-state index is -0.739. The summed E-state index contributed by atoms with van der Waals surface area (Å²) in [5.41, 5.74) is 0.195. The zero-order valence-corrected chi connectivity index (χ0v) is 11.7. The van der Waals surface area contributed by atoms with Gasteiger partial charge in [0, 0.05) is 34.8 Å². The van der Waals surface area contributed by atoms with Crippen molar-refractivity contribution in [2.45, 2.75) is 0 Å². The van der Waals surface area contributed by atoms with Gasteiger partial charge in [-0.25, -0.2) is 0 Å². The first-order valence-corrected chi connectivity index (χ1v) is 5.85. The fraction of sp³-hybridized carbons (Fsp3) is 0. The molecule has 21 heavy (non-hydrogen) atoms. The normalized spacial score (nSPS) is 10.3. The van der Waals surface area contributed by atoms with Crippen LogP contribution in [0.4, 0.5) is 0 Å². The summed E-state index contributed by atoms with van der Waals surface area (Å²) in [7, 11) is 0. The van der Waals surface area contributed by atoms with E-state index in [9.17, 15) is 20.1 Å². The van der Waals surface area contributed by atoms with E-state index in [2.05, 4.69) is 0 Å². The number of phenols is 3. The molecular formula is C15H10FeO5. The van der Waals surface area contributed by atoms with Crippen LogP contribution in [0.2, 0.25) is 0 Å². The molecule has 3 rings (SSSR count). The average Bonchev–Trinajstić information content (AvgIpc) is 2.45. The van der Waals surface area contributed by atoms with Crippen LogP contribution in [0.5, 0.6) is 17.2 Å². The molecule has 0 spiro atoms. The molecule has 0 aliphatic heterocycles. The van der Waals surface area contributed by atoms with Crippen molar-refractivity contribution >= 4 is 11.0 Å². The van der Waals surface area contributed by atoms with Gasteiger partial charge in [0.2, 0.25) is 5.75 Å². The molecule has 0 aliphatic rings. The van der Waals surface area contributed by atoms with Gasteiger partial charge in [-0.15, -0.1) is 0 Å². The second kappa shape index (κ2) is 5.52. The van der Waals surface area contributed by atoms with Crippen LogP contribution in [0.15, 0.2) is 51.7 Å². The molecule has 0 radical (unpaired) electrons. The topological polar surface area (TPSA) is 90.9 Å². The Morgan fingerprint density at radius 1 is 0.905 bits per heavy atom. The van der Waals surface area contributed by atoms with Crippen molar-refractivity contribution in [2.24, 2.45) is 0 Å². The van der Waals surface area contributed by atoms with Crippen molar-refractivity contribution < 1.29 is 36.8 Å². The molecule has 0 fully saturated rings. The summed E-state index contributed by atoms with van der Waals surface area (Å²) in [4.78, 5) is 12.0. The second-order valence-corrected chi connectivity index (χ2v) is 4.31. The standard InChI is InChI=1S/C15H10O5.Fe/c16-9-6-11(8-4-2-1-3-5-8)20-12-7-10(17)14(18)15(19)13(9)12;/h1-7,17-19H;. The van der Waals surface area contributed by atoms with E-state index >= 15 is 0 Å². The Morgan fingerprint density at radius 2 is 1.57 bits per heavy atom. The Kier molecular flexibility index (Phi) is 3.93. The number of benzene rings is 2. The third kappa shape index (κ3) is 2.46. The van der Waals surface area contributed by atoms with E-state index in [1.54, 1.807) is 24.3 Å². The van der Waals surface area contributed by atoms with Crippen LogP contribution in [-0.2, 0) is 17.1 Å². The molecule has 0 atom stereocenters. The smallest absolute Gasteiger partial charge is 0.201 e. The Labute approximate surface area is 129 Å². The van der Waals surface area contributed by atoms with Crippen LogP contribution >= 0.6 is 0 Å². The van der Waals surface area contributed by atoms with E-state index in [4.69, 9.17) is 4.42 Å². The molecule has 3 aromatic rings. The molecule has 0 saturated heterocycles. The van der Waals surface area contributed by atoms with E-state index < -0.39 is 22.7 Å². The summed E-state index contributed by atoms with van der Waals surface area (Å²) in [6, 6.07) is 11.3. The molecule has 6 heteroatoms. The number of hydrogen-bond donors (Lipinski definition) is 3. The van der Waals surface area contributed by atoms with Crippen LogP contribution in [-0.4, -0.2) is 15.3 Å². The summed E-state index contributed by atoms with van der Waals surface area (Å²) < 4.78 is 5.51. The Bertz CT molecular complexity index is 855. The summed E-state index contributed by atoms with van der Waals surface area (Å²) in [6.07, 6.45) is 0. The summed E-state index contributed by atoms with van der Waals surface area (Å²) in [5.74, 6) is -1.67. The maximum Gasteiger partial charge on any atom is 0.201 e. The number of rotatable bonds is 1. The minimum Gasteiger partial charge on any atom is -0.504 e. The number of fused-ring (bicyclic) bond motifs is 1. The third-order valence-electron chi connectivity index (χ3n) is 3.00. The fourth-order valence-electron chi connectivity index (χ4n) is 2.02. The van der Waals surface area contributed by atoms with Gasteiger partial charge in [-0.3, -0.25) is 4.79 Å². The van der Waals surface area contributed by atoms with Crippen LogP contribution in [0.3, 0.4) is 0 Å². The first-order valence-electron chi connectivity index (χ1n) is 5.85. The van der Waals surface area contributed by atoms with E-state index in [-0.39, 0.29) is 28.0 Å². The predicted octanol–water partition coefficient (Wildman–Crippen LogP) is 2.57. The van der Waals surface area contributed by atoms with Crippen molar-refractivity contribution in [3.63, 3.8) is 0 Å². The quantitative estimate of drug-likeness (QED) is 0.472. The molecule has 0 amide bonds. The molecule has 108 valence electrons. The van der Waals surface area contributed by atoms with E-state index in [0.717, 1.165) is 6.07 Å². The Hall–Kier alpha value is -2.43. The van der Waals surface area contributed by atoms with E-state index in [1.165, 1.54) is 6.07 Å². The van der Waals surface area contributed by atoms with Gasteiger partial charge in [-0.1, -0.05) is 30.3 Å². The Morgan fingerprint density at radius 3 is 2.24 bits per heavy atom. The molecule has 0 saturated carbocycles. The van der Waals surface area contributed by atoms with Gasteiger partial charge >= 0.3 is 0 Å². The second-order valence-electron chi connectivity index (χ2n) is 4.31. The van der Waals surface area contributed by atoms with Crippen molar-refractivity contribution in [3.8, 4) is 28.6 Å². The van der Waals surface area contributed by atoms with E-state index in [0.29, 0.717) is 11.3 Å². The maximum absolute atomic E-state index is 12.0. The van der Waals surface area contributed by atoms with Gasteiger partial charge < -0.3 is 19.7 Å². The number of hydrogen-bond acceptors (Lipinski definition) is 5. The largest absolute Gasteiger partial charge is 0.504 e. The van der Waals surface area contributed by atoms with Gasteiger partial charge in [0.15, 0.2) is 16.9 Å². The molecule has 1 aromatic heterocycles. The number of phenolic OH excluding ortho intramolecular Hbond substituents is 3. The van der Waals surface area contributed by atoms with Gasteiger partial charge in [-0.05, 0) is 0 Å². The van der Waals surface area contributed by atoms with Crippen molar-refractivity contribution in [2.75, 3.05) is 0 Å². The monoisotopic (exact) mass is 326 g/mol. The first-order chi connectivity index (χ1) is 9.58. The van der Waals surface area contributed by atoms with Gasteiger partial charge in [0.25, 0.3) is 0 Å². The summed E-state index contributed by atoms with van der Waals surface area (Å²) >= 11 is 0. The van der Waals surface area contributed by atoms with Gasteiger partial charge in [0.05, 0.1) is 0 Å². The molecule has 0 aliphatic carbocycles. The summed E-state index contributed by atoms with van der Waals surface area (Å²) in [5, 5.41) is 28.5. The molecule has 1 heterocycles. The van der Waals surface area contributed by atoms with Crippen LogP contribution in [0.1, 0.15) is 0 Å². The molecule has 3 N–H and O–H groups in total. The van der Waals surface area contributed by atoms with Crippen LogP contribution in [0.25, 0.3) is 22.3 Å². The van der Waals surface area contributed by atoms with Crippen molar-refractivity contribution in [3.05, 3.63) is 52.7 Å². The molecule has 5 nitrogen and oxygen atoms in total. The first kappa shape index (κ1) is 15.0. The molecule has 0 unspecified atom stereocenters. The Balaban J connectivity index is 0.00000161. The van der Waals surface area contributed by atoms with Gasteiger partial charge in [-0.2, -0.15) is 0 Å². The zero-order chi connectivity index (χ0) is 14.3. The SMILES string of the molecule is O=c1cc(-c2ccccc2)oc2cc(O)c(O)c(O)c12.[Fe]. The third-order valence-corrected chi connectivity index (χ3v) is 3.00. The fourth-order valence-corrected chi connectivity index (χ4v) is 2.02. The predicted molar refractivity (Wildman–Crippen MR) is 72.9 cm³/mol. The zero-order valence-electron chi connectivity index (χ0n) is 10.6. The molecule has 0 bridgehead atoms. The van der Waals surface area contributed by atoms with E-state index in [1.807, 2.05) is 6.07 Å². The summed E-state index contributed by atoms with van der Waals surface area (Å²) in [6.45, 7) is 0. The number of aromatic hydroxyl groups is 3. The maximum atomic E-state index is 12.0. The van der Waals surface area contributed by atoms with Crippen LogP contribution < -0.4 is 5.43 Å². The van der Waals surface area contributed by atoms with Crippen LogP contribution in [0, 0.1) is 0 Å². The van der Waals surface area contributed by atoms with Crippen molar-refractivity contribution in [1.29, 1.82) is 0 Å². The van der Waals surface area contributed by atoms with Crippen molar-refractivity contribution in [1.82, 2.24) is 0 Å².